The van der Waals surface area contributed by atoms with E-state index in [1.807, 2.05) is 43.3 Å². The van der Waals surface area contributed by atoms with Gasteiger partial charge in [0.2, 0.25) is 0 Å². The van der Waals surface area contributed by atoms with Crippen molar-refractivity contribution in [3.05, 3.63) is 78.2 Å². The molecule has 0 saturated heterocycles. The number of rotatable bonds is 10. The summed E-state index contributed by atoms with van der Waals surface area (Å²) >= 11 is 0. The van der Waals surface area contributed by atoms with E-state index in [0.717, 1.165) is 38.0 Å². The van der Waals surface area contributed by atoms with Gasteiger partial charge in [0.15, 0.2) is 5.65 Å². The molecule has 1 unspecified atom stereocenters. The lowest BCUT2D eigenvalue weighted by atomic mass is 10.1. The first-order valence-corrected chi connectivity index (χ1v) is 12.2. The summed E-state index contributed by atoms with van der Waals surface area (Å²) in [7, 11) is 0. The highest BCUT2D eigenvalue weighted by molar-refractivity contribution is 5.94. The number of halogens is 1. The predicted octanol–water partition coefficient (Wildman–Crippen LogP) is 5.44. The molecule has 4 aromatic rings. The van der Waals surface area contributed by atoms with E-state index in [2.05, 4.69) is 34.1 Å². The fraction of sp³-hybridized carbons (Fsp3) is 0.321. The Labute approximate surface area is 205 Å². The van der Waals surface area contributed by atoms with Gasteiger partial charge < -0.3 is 10.2 Å². The smallest absolute Gasteiger partial charge is 0.270 e. The van der Waals surface area contributed by atoms with Crippen molar-refractivity contribution in [3.8, 4) is 22.5 Å². The van der Waals surface area contributed by atoms with E-state index >= 15 is 0 Å². The summed E-state index contributed by atoms with van der Waals surface area (Å²) in [5.41, 5.74) is 3.18. The van der Waals surface area contributed by atoms with Gasteiger partial charge in [0, 0.05) is 23.2 Å². The van der Waals surface area contributed by atoms with Crippen LogP contribution in [0.3, 0.4) is 0 Å². The fourth-order valence-electron chi connectivity index (χ4n) is 4.22. The molecule has 2 heterocycles. The van der Waals surface area contributed by atoms with Crippen LogP contribution in [0.25, 0.3) is 28.2 Å². The number of benzene rings is 2. The van der Waals surface area contributed by atoms with Gasteiger partial charge in [0.05, 0.1) is 11.4 Å². The van der Waals surface area contributed by atoms with E-state index in [-0.39, 0.29) is 17.8 Å². The van der Waals surface area contributed by atoms with Gasteiger partial charge in [-0.3, -0.25) is 4.79 Å². The average Bonchev–Trinajstić information content (AvgIpc) is 3.31. The normalized spacial score (nSPS) is 12.3. The third-order valence-electron chi connectivity index (χ3n) is 6.26. The van der Waals surface area contributed by atoms with Crippen molar-refractivity contribution < 1.29 is 9.18 Å². The zero-order valence-corrected chi connectivity index (χ0v) is 20.5. The number of hydrogen-bond acceptors (Lipinski definition) is 4. The summed E-state index contributed by atoms with van der Waals surface area (Å²) in [5.74, 6) is -0.642. The molecule has 0 spiro atoms. The van der Waals surface area contributed by atoms with Crippen molar-refractivity contribution >= 4 is 11.6 Å². The summed E-state index contributed by atoms with van der Waals surface area (Å²) in [6, 6.07) is 19.6. The Hall–Kier alpha value is -3.58. The lowest BCUT2D eigenvalue weighted by Gasteiger charge is -2.20. The minimum Gasteiger partial charge on any atom is -0.348 e. The maximum absolute atomic E-state index is 14.6. The van der Waals surface area contributed by atoms with E-state index in [1.54, 1.807) is 28.8 Å². The molecule has 0 bridgehead atoms. The van der Waals surface area contributed by atoms with Crippen LogP contribution in [-0.2, 0) is 0 Å². The molecule has 7 heteroatoms. The lowest BCUT2D eigenvalue weighted by Crippen LogP contribution is -2.35. The van der Waals surface area contributed by atoms with Gasteiger partial charge in [-0.05, 0) is 57.6 Å². The number of nitrogens with one attached hydrogen (secondary N) is 1. The van der Waals surface area contributed by atoms with E-state index in [0.29, 0.717) is 28.3 Å². The van der Waals surface area contributed by atoms with Crippen molar-refractivity contribution in [2.45, 2.75) is 39.7 Å². The molecule has 6 nitrogen and oxygen atoms in total. The van der Waals surface area contributed by atoms with Crippen LogP contribution < -0.4 is 5.32 Å². The standard InChI is InChI=1S/C28H32FN5O/c1-4-33(5-2)17-11-12-20(3)30-28(35)26-18-25(22-15-9-10-16-23(22)29)31-27-19-24(32-34(26)27)21-13-7-6-8-14-21/h6-10,13-16,18-20H,4-5,11-12,17H2,1-3H3,(H,30,35). The summed E-state index contributed by atoms with van der Waals surface area (Å²) in [6.45, 7) is 9.37. The number of amides is 1. The molecule has 0 aliphatic heterocycles. The van der Waals surface area contributed by atoms with Crippen LogP contribution in [-0.4, -0.2) is 51.1 Å². The number of hydrogen-bond donors (Lipinski definition) is 1. The minimum absolute atomic E-state index is 0.0117. The Bertz CT molecular complexity index is 1280. The van der Waals surface area contributed by atoms with Gasteiger partial charge in [-0.2, -0.15) is 5.10 Å². The first kappa shape index (κ1) is 24.5. The fourth-order valence-corrected chi connectivity index (χ4v) is 4.22. The average molecular weight is 474 g/mol. The van der Waals surface area contributed by atoms with Crippen LogP contribution in [0, 0.1) is 5.82 Å². The topological polar surface area (TPSA) is 62.5 Å². The molecule has 0 radical (unpaired) electrons. The molecule has 0 fully saturated rings. The summed E-state index contributed by atoms with van der Waals surface area (Å²) in [6.07, 6.45) is 1.86. The second-order valence-corrected chi connectivity index (χ2v) is 8.72. The van der Waals surface area contributed by atoms with Crippen molar-refractivity contribution in [1.82, 2.24) is 24.8 Å². The molecule has 2 aromatic heterocycles. The first-order chi connectivity index (χ1) is 17.0. The Morgan fingerprint density at radius 1 is 1.03 bits per heavy atom. The highest BCUT2D eigenvalue weighted by atomic mass is 19.1. The van der Waals surface area contributed by atoms with Crippen LogP contribution in [0.15, 0.2) is 66.7 Å². The van der Waals surface area contributed by atoms with Gasteiger partial charge in [0.25, 0.3) is 5.91 Å². The van der Waals surface area contributed by atoms with Crippen LogP contribution in [0.2, 0.25) is 0 Å². The quantitative estimate of drug-likeness (QED) is 0.333. The summed E-state index contributed by atoms with van der Waals surface area (Å²) < 4.78 is 16.1. The Kier molecular flexibility index (Phi) is 7.87. The molecule has 1 atom stereocenters. The molecule has 2 aromatic carbocycles. The number of fused-ring (bicyclic) bond motifs is 1. The van der Waals surface area contributed by atoms with Crippen molar-refractivity contribution in [1.29, 1.82) is 0 Å². The number of carbonyl (C=O) groups excluding carboxylic acids is 1. The van der Waals surface area contributed by atoms with Crippen LogP contribution in [0.1, 0.15) is 44.1 Å². The molecule has 4 rings (SSSR count). The van der Waals surface area contributed by atoms with Crippen LogP contribution in [0.4, 0.5) is 4.39 Å². The largest absolute Gasteiger partial charge is 0.348 e. The summed E-state index contributed by atoms with van der Waals surface area (Å²) in [4.78, 5) is 20.4. The third-order valence-corrected chi connectivity index (χ3v) is 6.26. The second kappa shape index (κ2) is 11.2. The molecular formula is C28H32FN5O. The van der Waals surface area contributed by atoms with Gasteiger partial charge in [-0.1, -0.05) is 56.3 Å². The second-order valence-electron chi connectivity index (χ2n) is 8.72. The SMILES string of the molecule is CCN(CC)CCCC(C)NC(=O)c1cc(-c2ccccc2F)nc2cc(-c3ccccc3)nn12. The summed E-state index contributed by atoms with van der Waals surface area (Å²) in [5, 5.41) is 7.77. The molecule has 0 saturated carbocycles. The van der Waals surface area contributed by atoms with E-state index in [1.165, 1.54) is 6.07 Å². The molecule has 1 N–H and O–H groups in total. The van der Waals surface area contributed by atoms with Crippen LogP contribution >= 0.6 is 0 Å². The maximum atomic E-state index is 14.6. The number of aromatic nitrogens is 3. The van der Waals surface area contributed by atoms with Crippen LogP contribution in [0.5, 0.6) is 0 Å². The molecule has 0 aliphatic rings. The zero-order chi connectivity index (χ0) is 24.8. The zero-order valence-electron chi connectivity index (χ0n) is 20.5. The van der Waals surface area contributed by atoms with Gasteiger partial charge in [0.1, 0.15) is 11.5 Å². The van der Waals surface area contributed by atoms with Gasteiger partial charge in [-0.25, -0.2) is 13.9 Å². The maximum Gasteiger partial charge on any atom is 0.270 e. The number of carbonyl (C=O) groups is 1. The van der Waals surface area contributed by atoms with E-state index in [9.17, 15) is 9.18 Å². The first-order valence-electron chi connectivity index (χ1n) is 12.2. The molecule has 0 aliphatic carbocycles. The van der Waals surface area contributed by atoms with Crippen molar-refractivity contribution in [2.24, 2.45) is 0 Å². The van der Waals surface area contributed by atoms with E-state index in [4.69, 9.17) is 0 Å². The Balaban J connectivity index is 1.66. The lowest BCUT2D eigenvalue weighted by molar-refractivity contribution is 0.0929. The van der Waals surface area contributed by atoms with Crippen molar-refractivity contribution in [3.63, 3.8) is 0 Å². The Morgan fingerprint density at radius 3 is 2.46 bits per heavy atom. The molecule has 1 amide bonds. The minimum atomic E-state index is -0.386. The monoisotopic (exact) mass is 473 g/mol. The third kappa shape index (κ3) is 5.74. The van der Waals surface area contributed by atoms with Gasteiger partial charge in [-0.15, -0.1) is 0 Å². The highest BCUT2D eigenvalue weighted by Crippen LogP contribution is 2.25. The predicted molar refractivity (Wildman–Crippen MR) is 138 cm³/mol. The van der Waals surface area contributed by atoms with Crippen molar-refractivity contribution in [2.75, 3.05) is 19.6 Å². The number of nitrogens with zero attached hydrogens (tertiary/aromatic N) is 4. The van der Waals surface area contributed by atoms with E-state index < -0.39 is 0 Å². The molecule has 35 heavy (non-hydrogen) atoms. The van der Waals surface area contributed by atoms with Gasteiger partial charge >= 0.3 is 0 Å². The molecule has 182 valence electrons. The molecular weight excluding hydrogens is 441 g/mol. The highest BCUT2D eigenvalue weighted by Gasteiger charge is 2.19. The Morgan fingerprint density at radius 2 is 1.74 bits per heavy atom.